The minimum Gasteiger partial charge on any atom is -0.475 e. The molecule has 1 aromatic heterocycles. The van der Waals surface area contributed by atoms with Crippen LogP contribution in [0.4, 0.5) is 55.2 Å². The molecule has 2 aliphatic heterocycles. The largest absolute Gasteiger partial charge is 0.490 e. The van der Waals surface area contributed by atoms with Crippen molar-refractivity contribution in [3.63, 3.8) is 0 Å². The van der Waals surface area contributed by atoms with E-state index in [1.165, 1.54) is 5.56 Å². The van der Waals surface area contributed by atoms with Gasteiger partial charge in [-0.25, -0.2) is 14.6 Å². The van der Waals surface area contributed by atoms with E-state index >= 15 is 0 Å². The molecule has 1 atom stereocenters. The Morgan fingerprint density at radius 1 is 0.911 bits per heavy atom. The van der Waals surface area contributed by atoms with E-state index in [1.54, 1.807) is 6.20 Å². The van der Waals surface area contributed by atoms with Crippen LogP contribution in [-0.4, -0.2) is 63.0 Å². The third-order valence-corrected chi connectivity index (χ3v) is 6.37. The van der Waals surface area contributed by atoms with Crippen molar-refractivity contribution in [2.45, 2.75) is 44.1 Å². The lowest BCUT2D eigenvalue weighted by Gasteiger charge is -2.16. The van der Waals surface area contributed by atoms with Gasteiger partial charge in [0, 0.05) is 17.1 Å². The number of aliphatic carboxylic acids is 2. The first-order valence-corrected chi connectivity index (χ1v) is 13.3. The van der Waals surface area contributed by atoms with Gasteiger partial charge in [-0.05, 0) is 73.7 Å². The Bertz CT molecular complexity index is 1510. The normalized spacial score (nSPS) is 15.5. The lowest BCUT2D eigenvalue weighted by Crippen LogP contribution is -2.35. The van der Waals surface area contributed by atoms with Gasteiger partial charge in [0.15, 0.2) is 5.82 Å². The van der Waals surface area contributed by atoms with Crippen molar-refractivity contribution in [3.05, 3.63) is 64.8 Å². The molecule has 242 valence electrons. The van der Waals surface area contributed by atoms with Crippen LogP contribution >= 0.6 is 11.6 Å². The Hall–Kier alpha value is -4.64. The highest BCUT2D eigenvalue weighted by Gasteiger charge is 2.38. The predicted molar refractivity (Wildman–Crippen MR) is 151 cm³/mol. The maximum Gasteiger partial charge on any atom is 0.490 e. The van der Waals surface area contributed by atoms with Crippen molar-refractivity contribution in [3.8, 4) is 0 Å². The van der Waals surface area contributed by atoms with Gasteiger partial charge >= 0.3 is 24.3 Å². The molecule has 0 aliphatic carbocycles. The smallest absolute Gasteiger partial charge is 0.475 e. The molecule has 3 heterocycles. The van der Waals surface area contributed by atoms with Crippen LogP contribution in [0.25, 0.3) is 0 Å². The van der Waals surface area contributed by atoms with Crippen LogP contribution < -0.4 is 21.3 Å². The van der Waals surface area contributed by atoms with E-state index in [9.17, 15) is 31.1 Å². The van der Waals surface area contributed by atoms with E-state index in [4.69, 9.17) is 31.4 Å². The number of anilines is 5. The number of hydrogen-bond donors (Lipinski definition) is 6. The number of amides is 1. The summed E-state index contributed by atoms with van der Waals surface area (Å²) in [5.41, 5.74) is 4.84. The van der Waals surface area contributed by atoms with Gasteiger partial charge in [0.1, 0.15) is 5.02 Å². The van der Waals surface area contributed by atoms with Gasteiger partial charge in [-0.3, -0.25) is 4.79 Å². The molecule has 1 saturated heterocycles. The monoisotopic (exact) mass is 662 g/mol. The number of hydrogen-bond acceptors (Lipinski definition) is 8. The van der Waals surface area contributed by atoms with Gasteiger partial charge in [-0.1, -0.05) is 23.7 Å². The fraction of sp³-hybridized carbons (Fsp3) is 0.296. The quantitative estimate of drug-likeness (QED) is 0.188. The number of aromatic nitrogens is 2. The van der Waals surface area contributed by atoms with Crippen molar-refractivity contribution in [2.75, 3.05) is 22.5 Å². The Morgan fingerprint density at radius 3 is 2.16 bits per heavy atom. The molecule has 18 heteroatoms. The number of benzene rings is 2. The van der Waals surface area contributed by atoms with Crippen molar-refractivity contribution in [1.82, 2.24) is 15.3 Å². The molecule has 3 aromatic rings. The Labute approximate surface area is 256 Å². The third kappa shape index (κ3) is 10.8. The maximum absolute atomic E-state index is 12.7. The van der Waals surface area contributed by atoms with Crippen LogP contribution in [0.5, 0.6) is 0 Å². The summed E-state index contributed by atoms with van der Waals surface area (Å²) in [5, 5.41) is 27.6. The number of rotatable bonds is 2. The number of carbonyl (C=O) groups is 3. The van der Waals surface area contributed by atoms with E-state index in [0.29, 0.717) is 16.8 Å². The molecule has 6 bridgehead atoms. The second-order valence-corrected chi connectivity index (χ2v) is 9.86. The summed E-state index contributed by atoms with van der Waals surface area (Å²) in [6.07, 6.45) is -5.08. The lowest BCUT2D eigenvalue weighted by molar-refractivity contribution is -0.193. The van der Waals surface area contributed by atoms with Crippen molar-refractivity contribution in [2.24, 2.45) is 0 Å². The van der Waals surface area contributed by atoms with Crippen LogP contribution in [0.2, 0.25) is 5.02 Å². The number of fused-ring (bicyclic) bond motifs is 6. The van der Waals surface area contributed by atoms with Crippen LogP contribution in [0.1, 0.15) is 24.0 Å². The minimum absolute atomic E-state index is 0.0204. The van der Waals surface area contributed by atoms with Crippen molar-refractivity contribution < 1.29 is 50.9 Å². The Kier molecular flexibility index (Phi) is 11.5. The zero-order chi connectivity index (χ0) is 33.4. The first-order chi connectivity index (χ1) is 21.0. The summed E-state index contributed by atoms with van der Waals surface area (Å²) in [6, 6.07) is 14.0. The van der Waals surface area contributed by atoms with Crippen LogP contribution in [0, 0.1) is 0 Å². The SMILES string of the molecule is O=C(Nc1ccc2cc1CCc1cccc(c1)Nc1ncc(Cl)c(n1)N2)[C@@H]1CCCN1.O=C(O)C(F)(F)F.O=C(O)C(F)(F)F. The average molecular weight is 663 g/mol. The van der Waals surface area contributed by atoms with Gasteiger partial charge in [-0.15, -0.1) is 0 Å². The molecule has 1 amide bonds. The first-order valence-electron chi connectivity index (χ1n) is 13.0. The molecular weight excluding hydrogens is 638 g/mol. The third-order valence-electron chi connectivity index (χ3n) is 6.10. The molecule has 2 aliphatic rings. The molecule has 1 fully saturated rings. The standard InChI is InChI=1S/C23H23ClN6O.2C2HF3O2/c24-18-13-26-23-28-16-4-1-3-14(11-16)6-7-15-12-17(27-21(18)30-23)8-9-19(15)29-22(31)20-5-2-10-25-20;2*3-2(4,5)1(6)7/h1,3-4,8-9,11-13,20,25H,2,5-7,10H2,(H,29,31)(H2,26,27,28,30);2*(H,6,7)/t20-;;/m0../s1. The van der Waals surface area contributed by atoms with Gasteiger partial charge in [-0.2, -0.15) is 31.3 Å². The average Bonchev–Trinajstić information content (AvgIpc) is 3.50. The fourth-order valence-electron chi connectivity index (χ4n) is 3.99. The summed E-state index contributed by atoms with van der Waals surface area (Å²) in [5.74, 6) is -4.50. The van der Waals surface area contributed by atoms with Crippen LogP contribution in [-0.2, 0) is 27.2 Å². The molecular formula is C27H25ClF6N6O5. The molecule has 0 spiro atoms. The number of nitrogens with one attached hydrogen (secondary N) is 4. The number of alkyl halides is 6. The van der Waals surface area contributed by atoms with E-state index in [2.05, 4.69) is 43.4 Å². The zero-order valence-corrected chi connectivity index (χ0v) is 23.6. The van der Waals surface area contributed by atoms with E-state index in [-0.39, 0.29) is 11.9 Å². The number of halogens is 7. The molecule has 45 heavy (non-hydrogen) atoms. The number of aryl methyl sites for hydroxylation is 2. The second kappa shape index (κ2) is 14.9. The number of carbonyl (C=O) groups excluding carboxylic acids is 1. The molecule has 5 rings (SSSR count). The highest BCUT2D eigenvalue weighted by Crippen LogP contribution is 2.29. The lowest BCUT2D eigenvalue weighted by atomic mass is 10.0. The van der Waals surface area contributed by atoms with E-state index in [1.807, 2.05) is 30.3 Å². The molecule has 2 aromatic carbocycles. The van der Waals surface area contributed by atoms with Gasteiger partial charge in [0.25, 0.3) is 0 Å². The summed E-state index contributed by atoms with van der Waals surface area (Å²) in [6.45, 7) is 0.889. The number of carboxylic acid groups (broad SMARTS) is 2. The molecule has 0 unspecified atom stereocenters. The fourth-order valence-corrected chi connectivity index (χ4v) is 4.13. The van der Waals surface area contributed by atoms with Gasteiger partial charge in [0.05, 0.1) is 12.2 Å². The van der Waals surface area contributed by atoms with Gasteiger partial charge < -0.3 is 31.5 Å². The second-order valence-electron chi connectivity index (χ2n) is 9.46. The summed E-state index contributed by atoms with van der Waals surface area (Å²) >= 11 is 6.33. The minimum atomic E-state index is -5.08. The topological polar surface area (TPSA) is 166 Å². The summed E-state index contributed by atoms with van der Waals surface area (Å²) < 4.78 is 63.5. The van der Waals surface area contributed by atoms with Crippen LogP contribution in [0.15, 0.2) is 48.7 Å². The van der Waals surface area contributed by atoms with Crippen molar-refractivity contribution in [1.29, 1.82) is 0 Å². The number of nitrogens with zero attached hydrogens (tertiary/aromatic N) is 2. The Balaban J connectivity index is 0.000000331. The van der Waals surface area contributed by atoms with E-state index in [0.717, 1.165) is 54.9 Å². The Morgan fingerprint density at radius 2 is 1.56 bits per heavy atom. The summed E-state index contributed by atoms with van der Waals surface area (Å²) in [7, 11) is 0. The molecule has 11 nitrogen and oxygen atoms in total. The van der Waals surface area contributed by atoms with Crippen molar-refractivity contribution >= 4 is 58.3 Å². The predicted octanol–water partition coefficient (Wildman–Crippen LogP) is 5.67. The molecule has 6 N–H and O–H groups in total. The highest BCUT2D eigenvalue weighted by atomic mass is 35.5. The maximum atomic E-state index is 12.7. The number of carboxylic acids is 2. The molecule has 0 saturated carbocycles. The van der Waals surface area contributed by atoms with Crippen LogP contribution in [0.3, 0.4) is 0 Å². The zero-order valence-electron chi connectivity index (χ0n) is 22.9. The van der Waals surface area contributed by atoms with Gasteiger partial charge in [0.2, 0.25) is 11.9 Å². The molecule has 0 radical (unpaired) electrons. The van der Waals surface area contributed by atoms with E-state index < -0.39 is 24.3 Å². The first kappa shape index (κ1) is 34.8. The highest BCUT2D eigenvalue weighted by molar-refractivity contribution is 6.32. The summed E-state index contributed by atoms with van der Waals surface area (Å²) in [4.78, 5) is 39.3.